The van der Waals surface area contributed by atoms with Crippen molar-refractivity contribution in [3.05, 3.63) is 18.2 Å². The van der Waals surface area contributed by atoms with Gasteiger partial charge in [0, 0.05) is 11.8 Å². The van der Waals surface area contributed by atoms with E-state index in [1.165, 1.54) is 64.2 Å². The molecule has 0 spiro atoms. The first-order valence-corrected chi connectivity index (χ1v) is 13.3. The van der Waals surface area contributed by atoms with Crippen LogP contribution in [-0.2, 0) is 9.59 Å². The second-order valence-electron chi connectivity index (χ2n) is 10.9. The van der Waals surface area contributed by atoms with Crippen molar-refractivity contribution < 1.29 is 9.59 Å². The third-order valence-electron chi connectivity index (χ3n) is 9.07. The summed E-state index contributed by atoms with van der Waals surface area (Å²) < 4.78 is 0. The maximum absolute atomic E-state index is 13.1. The summed E-state index contributed by atoms with van der Waals surface area (Å²) in [5.41, 5.74) is 0. The summed E-state index contributed by atoms with van der Waals surface area (Å²) in [6.45, 7) is 0. The number of hydrogen-bond acceptors (Lipinski definition) is 3. The lowest BCUT2D eigenvalue weighted by Gasteiger charge is -2.40. The summed E-state index contributed by atoms with van der Waals surface area (Å²) in [6.07, 6.45) is 17.0. The van der Waals surface area contributed by atoms with Gasteiger partial charge >= 0.3 is 0 Å². The fraction of sp³-hybridized carbons (Fsp3) is 0.741. The third kappa shape index (κ3) is 4.72. The van der Waals surface area contributed by atoms with Crippen LogP contribution in [0.4, 0.5) is 11.6 Å². The summed E-state index contributed by atoms with van der Waals surface area (Å²) in [4.78, 5) is 30.8. The summed E-state index contributed by atoms with van der Waals surface area (Å²) in [7, 11) is 0. The molecule has 4 saturated carbocycles. The van der Waals surface area contributed by atoms with E-state index >= 15 is 0 Å². The predicted octanol–water partition coefficient (Wildman–Crippen LogP) is 6.17. The van der Waals surface area contributed by atoms with Crippen LogP contribution >= 0.6 is 0 Å². The Morgan fingerprint density at radius 1 is 0.625 bits per heavy atom. The van der Waals surface area contributed by atoms with Crippen LogP contribution in [0.15, 0.2) is 18.2 Å². The molecule has 5 heteroatoms. The lowest BCUT2D eigenvalue weighted by molar-refractivity contribution is -0.125. The van der Waals surface area contributed by atoms with Gasteiger partial charge in [-0.15, -0.1) is 0 Å². The number of anilines is 2. The lowest BCUT2D eigenvalue weighted by atomic mass is 9.65. The molecule has 5 rings (SSSR count). The predicted molar refractivity (Wildman–Crippen MR) is 127 cm³/mol. The van der Waals surface area contributed by atoms with Crippen molar-refractivity contribution in [1.82, 2.24) is 4.98 Å². The highest BCUT2D eigenvalue weighted by molar-refractivity contribution is 5.94. The van der Waals surface area contributed by atoms with E-state index in [4.69, 9.17) is 0 Å². The van der Waals surface area contributed by atoms with E-state index in [0.717, 1.165) is 37.5 Å². The molecule has 1 aromatic heterocycles. The molecule has 6 unspecified atom stereocenters. The van der Waals surface area contributed by atoms with Crippen LogP contribution in [0.3, 0.4) is 0 Å². The van der Waals surface area contributed by atoms with Crippen LogP contribution in [0.1, 0.15) is 89.9 Å². The topological polar surface area (TPSA) is 71.1 Å². The number of aromatic nitrogens is 1. The zero-order valence-corrected chi connectivity index (χ0v) is 19.4. The largest absolute Gasteiger partial charge is 0.310 e. The number of amides is 2. The van der Waals surface area contributed by atoms with Crippen LogP contribution in [-0.4, -0.2) is 16.8 Å². The van der Waals surface area contributed by atoms with E-state index in [1.807, 2.05) is 18.2 Å². The molecule has 4 aliphatic rings. The number of nitrogens with one attached hydrogen (secondary N) is 2. The smallest absolute Gasteiger partial charge is 0.228 e. The number of carbonyl (C=O) groups excluding carboxylic acids is 2. The average Bonchev–Trinajstić information content (AvgIpc) is 2.83. The first-order valence-electron chi connectivity index (χ1n) is 13.3. The van der Waals surface area contributed by atoms with Crippen molar-refractivity contribution in [3.63, 3.8) is 0 Å². The average molecular weight is 438 g/mol. The van der Waals surface area contributed by atoms with Crippen molar-refractivity contribution in [2.75, 3.05) is 10.6 Å². The molecule has 0 radical (unpaired) electrons. The quantitative estimate of drug-likeness (QED) is 0.591. The van der Waals surface area contributed by atoms with Gasteiger partial charge in [-0.1, -0.05) is 70.3 Å². The molecule has 6 atom stereocenters. The molecular formula is C27H39N3O2. The summed E-state index contributed by atoms with van der Waals surface area (Å²) in [5.74, 6) is 4.11. The van der Waals surface area contributed by atoms with Gasteiger partial charge in [0.2, 0.25) is 11.8 Å². The second kappa shape index (κ2) is 9.93. The number of fused-ring (bicyclic) bond motifs is 2. The van der Waals surface area contributed by atoms with Gasteiger partial charge in [-0.3, -0.25) is 9.59 Å². The van der Waals surface area contributed by atoms with Gasteiger partial charge < -0.3 is 10.6 Å². The minimum Gasteiger partial charge on any atom is -0.310 e. The van der Waals surface area contributed by atoms with E-state index < -0.39 is 0 Å². The van der Waals surface area contributed by atoms with Crippen molar-refractivity contribution in [2.45, 2.75) is 89.9 Å². The molecule has 0 bridgehead atoms. The van der Waals surface area contributed by atoms with Gasteiger partial charge in [0.15, 0.2) is 0 Å². The first-order chi connectivity index (χ1) is 15.7. The summed E-state index contributed by atoms with van der Waals surface area (Å²) >= 11 is 0. The minimum absolute atomic E-state index is 0.111. The molecule has 5 nitrogen and oxygen atoms in total. The molecule has 2 N–H and O–H groups in total. The Kier molecular flexibility index (Phi) is 6.80. The molecule has 1 aromatic rings. The van der Waals surface area contributed by atoms with Crippen LogP contribution in [0.25, 0.3) is 0 Å². The fourth-order valence-corrected chi connectivity index (χ4v) is 7.54. The Labute approximate surface area is 192 Å². The number of carbonyl (C=O) groups is 2. The second-order valence-corrected chi connectivity index (χ2v) is 10.9. The molecule has 4 aliphatic carbocycles. The van der Waals surface area contributed by atoms with Gasteiger partial charge in [0.05, 0.1) is 0 Å². The van der Waals surface area contributed by atoms with Gasteiger partial charge in [0.25, 0.3) is 0 Å². The van der Waals surface area contributed by atoms with Crippen molar-refractivity contribution >= 4 is 23.5 Å². The maximum atomic E-state index is 13.1. The highest BCUT2D eigenvalue weighted by Crippen LogP contribution is 2.45. The molecule has 4 fully saturated rings. The first kappa shape index (κ1) is 21.9. The molecule has 0 saturated heterocycles. The number of pyridine rings is 1. The molecule has 32 heavy (non-hydrogen) atoms. The Morgan fingerprint density at radius 2 is 1.06 bits per heavy atom. The molecule has 1 heterocycles. The van der Waals surface area contributed by atoms with Gasteiger partial charge in [-0.05, 0) is 61.5 Å². The Hall–Kier alpha value is -1.91. The molecule has 0 aromatic carbocycles. The third-order valence-corrected chi connectivity index (χ3v) is 9.07. The highest BCUT2D eigenvalue weighted by atomic mass is 16.2. The van der Waals surface area contributed by atoms with E-state index in [2.05, 4.69) is 15.6 Å². The Bertz CT molecular complexity index is 758. The summed E-state index contributed by atoms with van der Waals surface area (Å²) in [5, 5.41) is 6.16. The van der Waals surface area contributed by atoms with Crippen LogP contribution in [0.2, 0.25) is 0 Å². The van der Waals surface area contributed by atoms with E-state index in [9.17, 15) is 9.59 Å². The number of rotatable bonds is 4. The fourth-order valence-electron chi connectivity index (χ4n) is 7.54. The van der Waals surface area contributed by atoms with Crippen molar-refractivity contribution in [1.29, 1.82) is 0 Å². The molecular weight excluding hydrogens is 398 g/mol. The highest BCUT2D eigenvalue weighted by Gasteiger charge is 2.39. The van der Waals surface area contributed by atoms with Gasteiger partial charge in [-0.25, -0.2) is 4.98 Å². The number of nitrogens with zero attached hydrogens (tertiary/aromatic N) is 1. The van der Waals surface area contributed by atoms with E-state index in [0.29, 0.717) is 23.5 Å². The van der Waals surface area contributed by atoms with Crippen LogP contribution < -0.4 is 10.6 Å². The van der Waals surface area contributed by atoms with E-state index in [-0.39, 0.29) is 23.7 Å². The van der Waals surface area contributed by atoms with Crippen LogP contribution in [0.5, 0.6) is 0 Å². The maximum Gasteiger partial charge on any atom is 0.228 e. The zero-order chi connectivity index (χ0) is 21.9. The van der Waals surface area contributed by atoms with Crippen molar-refractivity contribution in [3.8, 4) is 0 Å². The lowest BCUT2D eigenvalue weighted by Crippen LogP contribution is -2.38. The van der Waals surface area contributed by atoms with Gasteiger partial charge in [0.1, 0.15) is 11.6 Å². The standard InChI is InChI=1S/C27H39N3O2/c31-26(22-14-5-10-18-8-1-3-12-20(18)22)29-24-16-7-17-25(28-24)30-27(32)23-15-6-11-19-9-2-4-13-21(19)23/h7,16-23H,1-6,8-15H2,(H2,28,29,30,31,32). The molecule has 2 amide bonds. The van der Waals surface area contributed by atoms with Gasteiger partial charge in [-0.2, -0.15) is 0 Å². The summed E-state index contributed by atoms with van der Waals surface area (Å²) in [6, 6.07) is 5.56. The molecule has 174 valence electrons. The van der Waals surface area contributed by atoms with Crippen LogP contribution in [0, 0.1) is 35.5 Å². The normalized spacial score (nSPS) is 34.6. The molecule has 0 aliphatic heterocycles. The minimum atomic E-state index is 0.111. The monoisotopic (exact) mass is 437 g/mol. The Balaban J connectivity index is 1.21. The van der Waals surface area contributed by atoms with Crippen molar-refractivity contribution in [2.24, 2.45) is 35.5 Å². The SMILES string of the molecule is O=C(Nc1cccc(NC(=O)C2CCCC3CCCCC32)n1)C1CCCC2CCCCC21. The number of hydrogen-bond donors (Lipinski definition) is 2. The van der Waals surface area contributed by atoms with E-state index in [1.54, 1.807) is 0 Å². The Morgan fingerprint density at radius 3 is 1.56 bits per heavy atom. The zero-order valence-electron chi connectivity index (χ0n) is 19.4.